The molecule has 2 N–H and O–H groups in total. The van der Waals surface area contributed by atoms with Crippen LogP contribution in [0.1, 0.15) is 21.5 Å². The maximum atomic E-state index is 12.2. The van der Waals surface area contributed by atoms with Gasteiger partial charge in [-0.1, -0.05) is 12.1 Å². The molecule has 1 aliphatic heterocycles. The number of benzene rings is 2. The van der Waals surface area contributed by atoms with Crippen molar-refractivity contribution in [3.8, 4) is 5.75 Å². The van der Waals surface area contributed by atoms with Gasteiger partial charge in [0.2, 0.25) is 11.8 Å². The fourth-order valence-electron chi connectivity index (χ4n) is 2.65. The molecule has 24 heavy (non-hydrogen) atoms. The molecule has 2 aromatic rings. The molecule has 0 spiro atoms. The van der Waals surface area contributed by atoms with Crippen LogP contribution < -0.4 is 15.4 Å². The van der Waals surface area contributed by atoms with Crippen molar-refractivity contribution in [1.29, 1.82) is 0 Å². The van der Waals surface area contributed by atoms with Gasteiger partial charge in [0.15, 0.2) is 0 Å². The van der Waals surface area contributed by atoms with Gasteiger partial charge in [0.05, 0.1) is 18.5 Å². The Kier molecular flexibility index (Phi) is 4.04. The first kappa shape index (κ1) is 15.7. The highest BCUT2D eigenvalue weighted by Gasteiger charge is 2.23. The molecule has 0 bridgehead atoms. The molecule has 0 aliphatic carbocycles. The Hall–Kier alpha value is -3.15. The first-order chi connectivity index (χ1) is 11.5. The maximum absolute atomic E-state index is 12.2. The molecule has 0 fully saturated rings. The van der Waals surface area contributed by atoms with E-state index in [9.17, 15) is 9.59 Å². The van der Waals surface area contributed by atoms with Gasteiger partial charge in [0, 0.05) is 29.8 Å². The van der Waals surface area contributed by atoms with Gasteiger partial charge in [-0.2, -0.15) is 0 Å². The molecule has 1 aliphatic rings. The molecule has 0 unspecified atom stereocenters. The largest absolute Gasteiger partial charge is 0.497 e. The highest BCUT2D eigenvalue weighted by molar-refractivity contribution is 6.20. The number of primary amides is 1. The molecule has 0 radical (unpaired) electrons. The number of rotatable bonds is 3. The van der Waals surface area contributed by atoms with Gasteiger partial charge in [0.1, 0.15) is 12.3 Å². The van der Waals surface area contributed by atoms with E-state index in [0.29, 0.717) is 22.7 Å². The number of ether oxygens (including phenoxy) is 1. The lowest BCUT2D eigenvalue weighted by atomic mass is 9.98. The minimum absolute atomic E-state index is 0.0314. The molecule has 0 saturated carbocycles. The number of hydrogen-bond donors (Lipinski definition) is 1. The van der Waals surface area contributed by atoms with Crippen molar-refractivity contribution in [2.75, 3.05) is 25.6 Å². The van der Waals surface area contributed by atoms with E-state index in [4.69, 9.17) is 10.5 Å². The zero-order valence-corrected chi connectivity index (χ0v) is 13.4. The molecule has 2 aromatic carbocycles. The first-order valence-electron chi connectivity index (χ1n) is 7.41. The Morgan fingerprint density at radius 2 is 2.04 bits per heavy atom. The van der Waals surface area contributed by atoms with Gasteiger partial charge in [-0.25, -0.2) is 0 Å². The van der Waals surface area contributed by atoms with E-state index < -0.39 is 5.91 Å². The number of methoxy groups -OCH3 is 1. The summed E-state index contributed by atoms with van der Waals surface area (Å²) in [6.45, 7) is 0.0314. The zero-order chi connectivity index (χ0) is 17.3. The van der Waals surface area contributed by atoms with E-state index in [0.717, 1.165) is 11.1 Å². The van der Waals surface area contributed by atoms with Crippen LogP contribution >= 0.6 is 0 Å². The third-order valence-corrected chi connectivity index (χ3v) is 3.99. The van der Waals surface area contributed by atoms with Gasteiger partial charge in [-0.3, -0.25) is 14.6 Å². The number of carbonyl (C=O) groups excluding carboxylic acids is 2. The smallest absolute Gasteiger partial charge is 0.248 e. The van der Waals surface area contributed by atoms with Crippen LogP contribution in [-0.4, -0.2) is 38.2 Å². The van der Waals surface area contributed by atoms with Crippen molar-refractivity contribution in [1.82, 2.24) is 0 Å². The predicted octanol–water partition coefficient (Wildman–Crippen LogP) is 1.61. The first-order valence-corrected chi connectivity index (χ1v) is 7.41. The molecule has 2 amide bonds. The number of hydrogen-bond acceptors (Lipinski definition) is 4. The Morgan fingerprint density at radius 3 is 2.75 bits per heavy atom. The number of amides is 2. The maximum Gasteiger partial charge on any atom is 0.248 e. The Labute approximate surface area is 139 Å². The van der Waals surface area contributed by atoms with Gasteiger partial charge in [-0.05, 0) is 24.3 Å². The lowest BCUT2D eigenvalue weighted by Crippen LogP contribution is -2.27. The normalized spacial score (nSPS) is 13.8. The van der Waals surface area contributed by atoms with Crippen LogP contribution in [0.15, 0.2) is 47.5 Å². The van der Waals surface area contributed by atoms with E-state index >= 15 is 0 Å². The summed E-state index contributed by atoms with van der Waals surface area (Å²) in [6, 6.07) is 12.4. The molecule has 0 aromatic heterocycles. The van der Waals surface area contributed by atoms with E-state index in [-0.39, 0.29) is 12.5 Å². The fraction of sp³-hybridized carbons (Fsp3) is 0.167. The number of likely N-dealkylation sites (N-methyl/N-ethyl adjacent to an activating group) is 1. The molecular weight excluding hydrogens is 306 g/mol. The minimum Gasteiger partial charge on any atom is -0.497 e. The zero-order valence-electron chi connectivity index (χ0n) is 13.4. The summed E-state index contributed by atoms with van der Waals surface area (Å²) in [7, 11) is 3.28. The predicted molar refractivity (Wildman–Crippen MR) is 91.9 cm³/mol. The molecular formula is C18H17N3O3. The summed E-state index contributed by atoms with van der Waals surface area (Å²) in [6.07, 6.45) is 0. The summed E-state index contributed by atoms with van der Waals surface area (Å²) < 4.78 is 5.26. The third-order valence-electron chi connectivity index (χ3n) is 3.99. The van der Waals surface area contributed by atoms with Crippen molar-refractivity contribution in [3.05, 3.63) is 59.2 Å². The van der Waals surface area contributed by atoms with Crippen LogP contribution in [0.5, 0.6) is 5.75 Å². The van der Waals surface area contributed by atoms with Crippen molar-refractivity contribution < 1.29 is 14.3 Å². The Bertz CT molecular complexity index is 858. The highest BCUT2D eigenvalue weighted by Crippen LogP contribution is 2.30. The summed E-state index contributed by atoms with van der Waals surface area (Å²) >= 11 is 0. The number of anilines is 1. The van der Waals surface area contributed by atoms with E-state index in [1.165, 1.54) is 0 Å². The van der Waals surface area contributed by atoms with E-state index in [2.05, 4.69) is 4.99 Å². The third kappa shape index (κ3) is 2.74. The summed E-state index contributed by atoms with van der Waals surface area (Å²) in [5.41, 5.74) is 8.65. The van der Waals surface area contributed by atoms with Gasteiger partial charge in [0.25, 0.3) is 0 Å². The highest BCUT2D eigenvalue weighted by atomic mass is 16.5. The van der Waals surface area contributed by atoms with Crippen LogP contribution in [-0.2, 0) is 4.79 Å². The molecule has 1 heterocycles. The summed E-state index contributed by atoms with van der Waals surface area (Å²) in [5, 5.41) is 0. The monoisotopic (exact) mass is 323 g/mol. The van der Waals surface area contributed by atoms with Crippen LogP contribution in [0.3, 0.4) is 0 Å². The average molecular weight is 323 g/mol. The van der Waals surface area contributed by atoms with Crippen LogP contribution in [0.25, 0.3) is 0 Å². The van der Waals surface area contributed by atoms with Crippen molar-refractivity contribution in [3.63, 3.8) is 0 Å². The molecule has 0 atom stereocenters. The molecule has 6 heteroatoms. The summed E-state index contributed by atoms with van der Waals surface area (Å²) in [5.74, 6) is 0.0281. The molecule has 6 nitrogen and oxygen atoms in total. The molecule has 122 valence electrons. The van der Waals surface area contributed by atoms with Crippen LogP contribution in [0.2, 0.25) is 0 Å². The van der Waals surface area contributed by atoms with Crippen LogP contribution in [0, 0.1) is 0 Å². The second kappa shape index (κ2) is 6.16. The number of nitrogens with zero attached hydrogens (tertiary/aromatic N) is 2. The lowest BCUT2D eigenvalue weighted by molar-refractivity contribution is -0.116. The number of carbonyl (C=O) groups is 2. The second-order valence-corrected chi connectivity index (χ2v) is 5.45. The Balaban J connectivity index is 2.18. The second-order valence-electron chi connectivity index (χ2n) is 5.45. The number of nitrogens with two attached hydrogens (primary N) is 1. The lowest BCUT2D eigenvalue weighted by Gasteiger charge is -2.19. The van der Waals surface area contributed by atoms with Gasteiger partial charge < -0.3 is 15.4 Å². The average Bonchev–Trinajstić information content (AvgIpc) is 2.72. The van der Waals surface area contributed by atoms with Crippen molar-refractivity contribution >= 4 is 23.2 Å². The number of benzodiazepines with no additional fused rings is 1. The number of fused-ring (bicyclic) bond motifs is 1. The standard InChI is InChI=1S/C18H17N3O3/c1-21-15-9-13(24-2)6-7-14(15)17(20-10-16(21)22)11-4-3-5-12(8-11)18(19)23/h3-9H,10H2,1-2H3,(H2,19,23). The number of aliphatic imine (C=N–C) groups is 1. The van der Waals surface area contributed by atoms with Gasteiger partial charge >= 0.3 is 0 Å². The molecule has 3 rings (SSSR count). The van der Waals surface area contributed by atoms with Crippen LogP contribution in [0.4, 0.5) is 5.69 Å². The minimum atomic E-state index is -0.505. The molecule has 0 saturated heterocycles. The Morgan fingerprint density at radius 1 is 1.25 bits per heavy atom. The topological polar surface area (TPSA) is 85.0 Å². The van der Waals surface area contributed by atoms with Gasteiger partial charge in [-0.15, -0.1) is 0 Å². The summed E-state index contributed by atoms with van der Waals surface area (Å²) in [4.78, 5) is 29.7. The SMILES string of the molecule is COc1ccc2c(c1)N(C)C(=O)CN=C2c1cccc(C(N)=O)c1. The van der Waals surface area contributed by atoms with E-state index in [1.54, 1.807) is 43.3 Å². The van der Waals surface area contributed by atoms with Crippen molar-refractivity contribution in [2.45, 2.75) is 0 Å². The fourth-order valence-corrected chi connectivity index (χ4v) is 2.65. The van der Waals surface area contributed by atoms with E-state index in [1.807, 2.05) is 18.2 Å². The quantitative estimate of drug-likeness (QED) is 0.931. The van der Waals surface area contributed by atoms with Crippen molar-refractivity contribution in [2.24, 2.45) is 10.7 Å².